The van der Waals surface area contributed by atoms with E-state index in [9.17, 15) is 0 Å². The monoisotopic (exact) mass is 324 g/mol. The number of alkyl halides is 1. The summed E-state index contributed by atoms with van der Waals surface area (Å²) in [5.41, 5.74) is 4.63. The molecule has 2 heterocycles. The standard InChI is InChI=1S/C15H11Cl3N2/c1-9-6-10(2-4-12(9)18)15-13(7-16)20-8-11(17)3-5-14(20)19-15/h2-6,8H,7H2,1H3. The third kappa shape index (κ3) is 2.28. The first kappa shape index (κ1) is 13.7. The average Bonchev–Trinajstić information content (AvgIpc) is 2.79. The molecule has 0 aliphatic heterocycles. The van der Waals surface area contributed by atoms with Crippen LogP contribution in [0.5, 0.6) is 0 Å². The van der Waals surface area contributed by atoms with Crippen LogP contribution in [0.1, 0.15) is 11.3 Å². The Morgan fingerprint density at radius 2 is 1.95 bits per heavy atom. The second kappa shape index (κ2) is 5.28. The summed E-state index contributed by atoms with van der Waals surface area (Å²) in [6, 6.07) is 9.54. The van der Waals surface area contributed by atoms with Crippen LogP contribution < -0.4 is 0 Å². The van der Waals surface area contributed by atoms with Gasteiger partial charge in [-0.3, -0.25) is 0 Å². The molecule has 0 saturated heterocycles. The van der Waals surface area contributed by atoms with Gasteiger partial charge in [0.1, 0.15) is 5.65 Å². The highest BCUT2D eigenvalue weighted by molar-refractivity contribution is 6.31. The molecule has 0 bridgehead atoms. The highest BCUT2D eigenvalue weighted by Gasteiger charge is 2.14. The van der Waals surface area contributed by atoms with Crippen LogP contribution in [-0.4, -0.2) is 9.38 Å². The van der Waals surface area contributed by atoms with Gasteiger partial charge in [-0.2, -0.15) is 0 Å². The van der Waals surface area contributed by atoms with Gasteiger partial charge in [0.25, 0.3) is 0 Å². The van der Waals surface area contributed by atoms with Gasteiger partial charge >= 0.3 is 0 Å². The molecule has 5 heteroatoms. The van der Waals surface area contributed by atoms with Gasteiger partial charge in [-0.25, -0.2) is 4.98 Å². The van der Waals surface area contributed by atoms with Gasteiger partial charge in [0.15, 0.2) is 0 Å². The van der Waals surface area contributed by atoms with Gasteiger partial charge in [-0.05, 0) is 36.8 Å². The minimum absolute atomic E-state index is 0.360. The quantitative estimate of drug-likeness (QED) is 0.580. The van der Waals surface area contributed by atoms with Crippen LogP contribution in [0, 0.1) is 6.92 Å². The van der Waals surface area contributed by atoms with Crippen molar-refractivity contribution in [1.82, 2.24) is 9.38 Å². The van der Waals surface area contributed by atoms with Gasteiger partial charge in [0.05, 0.1) is 22.3 Å². The molecule has 1 aromatic carbocycles. The molecule has 0 N–H and O–H groups in total. The SMILES string of the molecule is Cc1cc(-c2nc3ccc(Cl)cn3c2CCl)ccc1Cl. The van der Waals surface area contributed by atoms with Gasteiger partial charge in [-0.15, -0.1) is 11.6 Å². The molecule has 3 aromatic rings. The number of nitrogens with zero attached hydrogens (tertiary/aromatic N) is 2. The minimum atomic E-state index is 0.360. The van der Waals surface area contributed by atoms with Crippen molar-refractivity contribution in [2.45, 2.75) is 12.8 Å². The lowest BCUT2D eigenvalue weighted by Crippen LogP contribution is -1.91. The van der Waals surface area contributed by atoms with E-state index >= 15 is 0 Å². The first-order valence-electron chi connectivity index (χ1n) is 6.09. The summed E-state index contributed by atoms with van der Waals surface area (Å²) in [5.74, 6) is 0.360. The predicted octanol–water partition coefficient (Wildman–Crippen LogP) is 5.36. The van der Waals surface area contributed by atoms with Crippen LogP contribution in [-0.2, 0) is 5.88 Å². The van der Waals surface area contributed by atoms with E-state index in [2.05, 4.69) is 4.98 Å². The van der Waals surface area contributed by atoms with Crippen LogP contribution in [0.25, 0.3) is 16.9 Å². The summed E-state index contributed by atoms with van der Waals surface area (Å²) >= 11 is 18.2. The zero-order valence-corrected chi connectivity index (χ0v) is 13.0. The largest absolute Gasteiger partial charge is 0.301 e. The fourth-order valence-electron chi connectivity index (χ4n) is 2.22. The topological polar surface area (TPSA) is 17.3 Å². The smallest absolute Gasteiger partial charge is 0.137 e. The average molecular weight is 326 g/mol. The van der Waals surface area contributed by atoms with E-state index in [1.165, 1.54) is 0 Å². The van der Waals surface area contributed by atoms with Gasteiger partial charge in [0.2, 0.25) is 0 Å². The Morgan fingerprint density at radius 1 is 1.15 bits per heavy atom. The third-order valence-corrected chi connectivity index (χ3v) is 4.14. The molecule has 0 radical (unpaired) electrons. The van der Waals surface area contributed by atoms with Gasteiger partial charge < -0.3 is 4.40 Å². The number of pyridine rings is 1. The van der Waals surface area contributed by atoms with Crippen LogP contribution in [0.2, 0.25) is 10.0 Å². The maximum atomic E-state index is 6.10. The molecular formula is C15H11Cl3N2. The van der Waals surface area contributed by atoms with Crippen molar-refractivity contribution in [2.24, 2.45) is 0 Å². The Labute approximate surface area is 131 Å². The summed E-state index contributed by atoms with van der Waals surface area (Å²) in [6.45, 7) is 1.97. The van der Waals surface area contributed by atoms with Crippen molar-refractivity contribution in [3.63, 3.8) is 0 Å². The Morgan fingerprint density at radius 3 is 2.65 bits per heavy atom. The highest BCUT2D eigenvalue weighted by atomic mass is 35.5. The van der Waals surface area contributed by atoms with Crippen molar-refractivity contribution in [1.29, 1.82) is 0 Å². The molecule has 20 heavy (non-hydrogen) atoms. The van der Waals surface area contributed by atoms with Crippen molar-refractivity contribution in [2.75, 3.05) is 0 Å². The molecule has 0 fully saturated rings. The van der Waals surface area contributed by atoms with E-state index in [0.29, 0.717) is 10.9 Å². The molecule has 102 valence electrons. The molecular weight excluding hydrogens is 315 g/mol. The zero-order chi connectivity index (χ0) is 14.3. The number of rotatable bonds is 2. The van der Waals surface area contributed by atoms with Crippen LogP contribution in [0.15, 0.2) is 36.5 Å². The molecule has 0 aliphatic carbocycles. The number of aryl methyl sites for hydroxylation is 1. The lowest BCUT2D eigenvalue weighted by atomic mass is 10.1. The first-order chi connectivity index (χ1) is 9.60. The summed E-state index contributed by atoms with van der Waals surface area (Å²) < 4.78 is 1.93. The van der Waals surface area contributed by atoms with Crippen molar-refractivity contribution in [3.8, 4) is 11.3 Å². The fraction of sp³-hybridized carbons (Fsp3) is 0.133. The Hall–Kier alpha value is -1.22. The third-order valence-electron chi connectivity index (χ3n) is 3.24. The molecule has 0 aliphatic rings. The number of benzene rings is 1. The number of fused-ring (bicyclic) bond motifs is 1. The molecule has 3 rings (SSSR count). The molecule has 0 unspecified atom stereocenters. The fourth-order valence-corrected chi connectivity index (χ4v) is 2.75. The van der Waals surface area contributed by atoms with E-state index in [0.717, 1.165) is 33.2 Å². The first-order valence-corrected chi connectivity index (χ1v) is 7.38. The van der Waals surface area contributed by atoms with E-state index in [1.807, 2.05) is 47.9 Å². The minimum Gasteiger partial charge on any atom is -0.301 e. The molecule has 2 aromatic heterocycles. The van der Waals surface area contributed by atoms with Crippen molar-refractivity contribution in [3.05, 3.63) is 57.8 Å². The summed E-state index contributed by atoms with van der Waals surface area (Å²) in [7, 11) is 0. The van der Waals surface area contributed by atoms with Crippen molar-refractivity contribution < 1.29 is 0 Å². The molecule has 0 saturated carbocycles. The Bertz CT molecular complexity index is 793. The van der Waals surface area contributed by atoms with Crippen LogP contribution in [0.4, 0.5) is 0 Å². The lowest BCUT2D eigenvalue weighted by Gasteiger charge is -2.04. The second-order valence-corrected chi connectivity index (χ2v) is 5.69. The van der Waals surface area contributed by atoms with Crippen LogP contribution in [0.3, 0.4) is 0 Å². The predicted molar refractivity (Wildman–Crippen MR) is 84.9 cm³/mol. The molecule has 0 amide bonds. The highest BCUT2D eigenvalue weighted by Crippen LogP contribution is 2.29. The molecule has 0 atom stereocenters. The number of imidazole rings is 1. The van der Waals surface area contributed by atoms with Crippen LogP contribution >= 0.6 is 34.8 Å². The molecule has 2 nitrogen and oxygen atoms in total. The Kier molecular flexibility index (Phi) is 3.63. The number of hydrogen-bond donors (Lipinski definition) is 0. The Balaban J connectivity index is 2.27. The van der Waals surface area contributed by atoms with Gasteiger partial charge in [0, 0.05) is 16.8 Å². The van der Waals surface area contributed by atoms with Gasteiger partial charge in [-0.1, -0.05) is 29.3 Å². The van der Waals surface area contributed by atoms with E-state index in [-0.39, 0.29) is 0 Å². The van der Waals surface area contributed by atoms with Crippen molar-refractivity contribution >= 4 is 40.4 Å². The lowest BCUT2D eigenvalue weighted by molar-refractivity contribution is 1.09. The number of hydrogen-bond acceptors (Lipinski definition) is 1. The zero-order valence-electron chi connectivity index (χ0n) is 10.7. The van der Waals surface area contributed by atoms with E-state index in [1.54, 1.807) is 0 Å². The van der Waals surface area contributed by atoms with E-state index in [4.69, 9.17) is 34.8 Å². The van der Waals surface area contributed by atoms with E-state index < -0.39 is 0 Å². The molecule has 0 spiro atoms. The maximum absolute atomic E-state index is 6.10. The maximum Gasteiger partial charge on any atom is 0.137 e. The number of halogens is 3. The number of aromatic nitrogens is 2. The normalized spacial score (nSPS) is 11.2. The summed E-state index contributed by atoms with van der Waals surface area (Å²) in [4.78, 5) is 4.64. The second-order valence-electron chi connectivity index (χ2n) is 4.58. The summed E-state index contributed by atoms with van der Waals surface area (Å²) in [5, 5.41) is 1.40. The summed E-state index contributed by atoms with van der Waals surface area (Å²) in [6.07, 6.45) is 1.83.